The Morgan fingerprint density at radius 1 is 1.36 bits per heavy atom. The van der Waals surface area contributed by atoms with Crippen molar-refractivity contribution in [1.29, 1.82) is 0 Å². The Kier molecular flexibility index (Phi) is 6.61. The van der Waals surface area contributed by atoms with Crippen molar-refractivity contribution in [1.82, 2.24) is 5.16 Å². The van der Waals surface area contributed by atoms with Crippen LogP contribution in [0.4, 0.5) is 5.82 Å². The van der Waals surface area contributed by atoms with Gasteiger partial charge in [-0.15, -0.1) is 0 Å². The normalized spacial score (nSPS) is 10.5. The van der Waals surface area contributed by atoms with Crippen molar-refractivity contribution in [2.75, 3.05) is 23.4 Å². The van der Waals surface area contributed by atoms with E-state index in [-0.39, 0.29) is 5.91 Å². The van der Waals surface area contributed by atoms with Crippen LogP contribution in [-0.2, 0) is 4.79 Å². The third-order valence-electron chi connectivity index (χ3n) is 2.68. The fraction of sp³-hybridized carbons (Fsp3) is 0.333. The minimum atomic E-state index is -0.0700. The van der Waals surface area contributed by atoms with Crippen LogP contribution in [0.3, 0.4) is 0 Å². The van der Waals surface area contributed by atoms with Gasteiger partial charge in [-0.25, -0.2) is 0 Å². The van der Waals surface area contributed by atoms with Gasteiger partial charge < -0.3 is 14.6 Å². The molecule has 22 heavy (non-hydrogen) atoms. The van der Waals surface area contributed by atoms with E-state index >= 15 is 0 Å². The molecule has 118 valence electrons. The van der Waals surface area contributed by atoms with Gasteiger partial charge in [-0.05, 0) is 31.2 Å². The summed E-state index contributed by atoms with van der Waals surface area (Å²) < 4.78 is 10.4. The van der Waals surface area contributed by atoms with Crippen LogP contribution in [0.5, 0.6) is 5.75 Å². The molecular formula is C15H17ClN2O3S. The van der Waals surface area contributed by atoms with E-state index in [4.69, 9.17) is 20.9 Å². The van der Waals surface area contributed by atoms with Gasteiger partial charge in [-0.1, -0.05) is 16.8 Å². The quantitative estimate of drug-likeness (QED) is 0.741. The molecule has 0 aliphatic carbocycles. The van der Waals surface area contributed by atoms with Crippen LogP contribution in [0.15, 0.2) is 34.9 Å². The second kappa shape index (κ2) is 8.70. The summed E-state index contributed by atoms with van der Waals surface area (Å²) in [5, 5.41) is 7.08. The Bertz CT molecular complexity index is 601. The number of anilines is 1. The van der Waals surface area contributed by atoms with Crippen molar-refractivity contribution in [2.45, 2.75) is 13.3 Å². The Balaban J connectivity index is 1.53. The molecular weight excluding hydrogens is 324 g/mol. The molecule has 0 bridgehead atoms. The van der Waals surface area contributed by atoms with Gasteiger partial charge in [0.2, 0.25) is 5.91 Å². The second-order valence-corrected chi connectivity index (χ2v) is 6.20. The molecule has 0 aliphatic rings. The number of ether oxygens (including phenoxy) is 1. The molecule has 2 rings (SSSR count). The van der Waals surface area contributed by atoms with Gasteiger partial charge in [-0.2, -0.15) is 11.8 Å². The maximum atomic E-state index is 11.7. The van der Waals surface area contributed by atoms with Crippen LogP contribution >= 0.6 is 23.4 Å². The summed E-state index contributed by atoms with van der Waals surface area (Å²) in [5.41, 5.74) is 0. The zero-order valence-electron chi connectivity index (χ0n) is 12.2. The maximum absolute atomic E-state index is 11.7. The fourth-order valence-electron chi connectivity index (χ4n) is 1.65. The zero-order chi connectivity index (χ0) is 15.8. The number of benzene rings is 1. The highest BCUT2D eigenvalue weighted by Crippen LogP contribution is 2.16. The summed E-state index contributed by atoms with van der Waals surface area (Å²) in [4.78, 5) is 11.7. The molecule has 1 N–H and O–H groups in total. The molecule has 0 saturated carbocycles. The van der Waals surface area contributed by atoms with Crippen LogP contribution in [-0.4, -0.2) is 29.2 Å². The third-order valence-corrected chi connectivity index (χ3v) is 3.88. The average Bonchev–Trinajstić information content (AvgIpc) is 2.89. The summed E-state index contributed by atoms with van der Waals surface area (Å²) in [6, 6.07) is 8.94. The lowest BCUT2D eigenvalue weighted by Crippen LogP contribution is -2.12. The van der Waals surface area contributed by atoms with E-state index < -0.39 is 0 Å². The van der Waals surface area contributed by atoms with Gasteiger partial charge in [0.25, 0.3) is 0 Å². The smallest absolute Gasteiger partial charge is 0.226 e. The Morgan fingerprint density at radius 2 is 2.14 bits per heavy atom. The summed E-state index contributed by atoms with van der Waals surface area (Å²) in [6.07, 6.45) is 0.428. The van der Waals surface area contributed by atoms with Crippen molar-refractivity contribution in [2.24, 2.45) is 0 Å². The van der Waals surface area contributed by atoms with E-state index in [1.165, 1.54) is 0 Å². The van der Waals surface area contributed by atoms with E-state index in [9.17, 15) is 4.79 Å². The monoisotopic (exact) mass is 340 g/mol. The molecule has 1 amide bonds. The first-order valence-corrected chi connectivity index (χ1v) is 8.36. The number of carbonyl (C=O) groups excluding carboxylic acids is 1. The van der Waals surface area contributed by atoms with Crippen LogP contribution in [0, 0.1) is 6.92 Å². The minimum Gasteiger partial charge on any atom is -0.493 e. The number of rotatable bonds is 8. The maximum Gasteiger partial charge on any atom is 0.226 e. The molecule has 7 heteroatoms. The average molecular weight is 341 g/mol. The van der Waals surface area contributed by atoms with E-state index in [1.54, 1.807) is 36.9 Å². The van der Waals surface area contributed by atoms with Crippen molar-refractivity contribution < 1.29 is 14.1 Å². The Hall–Kier alpha value is -1.66. The van der Waals surface area contributed by atoms with Crippen LogP contribution in [0.1, 0.15) is 12.2 Å². The molecule has 0 atom stereocenters. The lowest BCUT2D eigenvalue weighted by atomic mass is 10.3. The third kappa shape index (κ3) is 5.99. The standard InChI is InChI=1S/C15H17ClN2O3S/c1-11-10-14(18-21-11)17-15(19)6-8-22-9-7-20-13-4-2-12(16)3-5-13/h2-5,10H,6-9H2,1H3,(H,17,18,19). The van der Waals surface area contributed by atoms with E-state index in [0.717, 1.165) is 17.3 Å². The second-order valence-electron chi connectivity index (χ2n) is 4.54. The number of aromatic nitrogens is 1. The van der Waals surface area contributed by atoms with Crippen molar-refractivity contribution in [3.05, 3.63) is 41.1 Å². The molecule has 0 fully saturated rings. The number of carbonyl (C=O) groups is 1. The molecule has 1 aromatic heterocycles. The van der Waals surface area contributed by atoms with Crippen molar-refractivity contribution >= 4 is 35.1 Å². The number of halogens is 1. The van der Waals surface area contributed by atoms with Crippen LogP contribution in [0.25, 0.3) is 0 Å². The van der Waals surface area contributed by atoms with Crippen LogP contribution < -0.4 is 10.1 Å². The highest BCUT2D eigenvalue weighted by Gasteiger charge is 2.05. The molecule has 0 radical (unpaired) electrons. The van der Waals surface area contributed by atoms with Gasteiger partial charge >= 0.3 is 0 Å². The number of nitrogens with one attached hydrogen (secondary N) is 1. The van der Waals surface area contributed by atoms with Gasteiger partial charge in [-0.3, -0.25) is 4.79 Å². The van der Waals surface area contributed by atoms with Crippen LogP contribution in [0.2, 0.25) is 5.02 Å². The van der Waals surface area contributed by atoms with Gasteiger partial charge in [0, 0.05) is 29.0 Å². The number of hydrogen-bond donors (Lipinski definition) is 1. The van der Waals surface area contributed by atoms with Crippen molar-refractivity contribution in [3.8, 4) is 5.75 Å². The van der Waals surface area contributed by atoms with Crippen molar-refractivity contribution in [3.63, 3.8) is 0 Å². The highest BCUT2D eigenvalue weighted by atomic mass is 35.5. The molecule has 0 saturated heterocycles. The fourth-order valence-corrected chi connectivity index (χ4v) is 2.51. The minimum absolute atomic E-state index is 0.0700. The molecule has 0 unspecified atom stereocenters. The molecule has 5 nitrogen and oxygen atoms in total. The predicted octanol–water partition coefficient (Wildman–Crippen LogP) is 3.78. The summed E-state index contributed by atoms with van der Waals surface area (Å²) in [5.74, 6) is 3.40. The summed E-state index contributed by atoms with van der Waals surface area (Å²) >= 11 is 7.46. The zero-order valence-corrected chi connectivity index (χ0v) is 13.7. The number of nitrogens with zero attached hydrogens (tertiary/aromatic N) is 1. The van der Waals surface area contributed by atoms with Gasteiger partial charge in [0.15, 0.2) is 5.82 Å². The SMILES string of the molecule is Cc1cc(NC(=O)CCSCCOc2ccc(Cl)cc2)no1. The Morgan fingerprint density at radius 3 is 2.82 bits per heavy atom. The lowest BCUT2D eigenvalue weighted by Gasteiger charge is -2.06. The number of hydrogen-bond acceptors (Lipinski definition) is 5. The topological polar surface area (TPSA) is 64.4 Å². The van der Waals surface area contributed by atoms with Gasteiger partial charge in [0.1, 0.15) is 11.5 Å². The largest absolute Gasteiger partial charge is 0.493 e. The molecule has 1 aromatic carbocycles. The lowest BCUT2D eigenvalue weighted by molar-refractivity contribution is -0.115. The van der Waals surface area contributed by atoms with E-state index in [0.29, 0.717) is 29.6 Å². The first-order chi connectivity index (χ1) is 10.6. The Labute approximate surface area is 138 Å². The molecule has 2 aromatic rings. The number of amides is 1. The predicted molar refractivity (Wildman–Crippen MR) is 88.8 cm³/mol. The molecule has 1 heterocycles. The highest BCUT2D eigenvalue weighted by molar-refractivity contribution is 7.99. The molecule has 0 aliphatic heterocycles. The number of aryl methyl sites for hydroxylation is 1. The number of thioether (sulfide) groups is 1. The first-order valence-electron chi connectivity index (χ1n) is 6.83. The summed E-state index contributed by atoms with van der Waals surface area (Å²) in [6.45, 7) is 2.37. The summed E-state index contributed by atoms with van der Waals surface area (Å²) in [7, 11) is 0. The first kappa shape index (κ1) is 16.7. The van der Waals surface area contributed by atoms with E-state index in [1.807, 2.05) is 12.1 Å². The van der Waals surface area contributed by atoms with Gasteiger partial charge in [0.05, 0.1) is 6.61 Å². The van der Waals surface area contributed by atoms with E-state index in [2.05, 4.69) is 10.5 Å². The molecule has 0 spiro atoms.